The van der Waals surface area contributed by atoms with Crippen LogP contribution in [-0.4, -0.2) is 86.0 Å². The first kappa shape index (κ1) is 21.5. The second kappa shape index (κ2) is 10.5. The van der Waals surface area contributed by atoms with E-state index in [1.54, 1.807) is 25.3 Å². The minimum Gasteiger partial charge on any atom is -0.495 e. The number of carbonyl (C=O) groups excluding carboxylic acids is 2. The Labute approximate surface area is 166 Å². The Morgan fingerprint density at radius 3 is 2.26 bits per heavy atom. The minimum atomic E-state index is -0.108. The van der Waals surface area contributed by atoms with Crippen LogP contribution in [-0.2, 0) is 9.59 Å². The van der Waals surface area contributed by atoms with Gasteiger partial charge in [0.25, 0.3) is 0 Å². The number of ether oxygens (including phenoxy) is 1. The molecule has 0 saturated carbocycles. The van der Waals surface area contributed by atoms with Gasteiger partial charge in [-0.25, -0.2) is 0 Å². The quantitative estimate of drug-likeness (QED) is 0.725. The fourth-order valence-electron chi connectivity index (χ4n) is 3.14. The predicted octanol–water partition coefficient (Wildman–Crippen LogP) is 1.77. The predicted molar refractivity (Wildman–Crippen MR) is 107 cm³/mol. The van der Waals surface area contributed by atoms with Crippen LogP contribution in [0, 0.1) is 0 Å². The van der Waals surface area contributed by atoms with Gasteiger partial charge in [0.15, 0.2) is 0 Å². The number of hydrogen-bond donors (Lipinski definition) is 1. The van der Waals surface area contributed by atoms with Crippen LogP contribution >= 0.6 is 11.6 Å². The van der Waals surface area contributed by atoms with Crippen molar-refractivity contribution in [3.63, 3.8) is 0 Å². The molecule has 8 heteroatoms. The minimum absolute atomic E-state index is 0.108. The molecule has 1 saturated heterocycles. The second-order valence-corrected chi connectivity index (χ2v) is 6.95. The van der Waals surface area contributed by atoms with Gasteiger partial charge in [-0.05, 0) is 32.0 Å². The maximum Gasteiger partial charge on any atom is 0.238 e. The van der Waals surface area contributed by atoms with Crippen molar-refractivity contribution in [2.75, 3.05) is 64.8 Å². The third-order valence-electron chi connectivity index (χ3n) is 4.74. The van der Waals surface area contributed by atoms with Crippen molar-refractivity contribution in [1.82, 2.24) is 14.7 Å². The van der Waals surface area contributed by atoms with Crippen LogP contribution < -0.4 is 10.1 Å². The van der Waals surface area contributed by atoms with Crippen molar-refractivity contribution in [2.45, 2.75) is 13.8 Å². The van der Waals surface area contributed by atoms with Gasteiger partial charge in [-0.1, -0.05) is 11.6 Å². The van der Waals surface area contributed by atoms with Gasteiger partial charge in [0, 0.05) is 44.3 Å². The van der Waals surface area contributed by atoms with E-state index < -0.39 is 0 Å². The van der Waals surface area contributed by atoms with E-state index in [0.29, 0.717) is 29.5 Å². The van der Waals surface area contributed by atoms with E-state index in [0.717, 1.165) is 39.3 Å². The van der Waals surface area contributed by atoms with E-state index in [2.05, 4.69) is 15.1 Å². The highest BCUT2D eigenvalue weighted by atomic mass is 35.5. The molecule has 1 N–H and O–H groups in total. The summed E-state index contributed by atoms with van der Waals surface area (Å²) >= 11 is 6.00. The number of nitrogens with zero attached hydrogens (tertiary/aromatic N) is 3. The van der Waals surface area contributed by atoms with Gasteiger partial charge in [0.05, 0.1) is 25.9 Å². The average Bonchev–Trinajstić information content (AvgIpc) is 2.64. The molecule has 0 aromatic heterocycles. The lowest BCUT2D eigenvalue weighted by molar-refractivity contribution is -0.132. The standard InChI is InChI=1S/C19H29ClN4O3/c1-4-24(5-2)19(26)14-23-10-8-22(9-11-23)13-18(25)21-16-12-15(20)6-7-17(16)27-3/h6-7,12H,4-5,8-11,13-14H2,1-3H3,(H,21,25). The summed E-state index contributed by atoms with van der Waals surface area (Å²) in [6.07, 6.45) is 0. The SMILES string of the molecule is CCN(CC)C(=O)CN1CCN(CC(=O)Nc2cc(Cl)ccc2OC)CC1. The Morgan fingerprint density at radius 1 is 1.11 bits per heavy atom. The summed E-state index contributed by atoms with van der Waals surface area (Å²) in [7, 11) is 1.55. The van der Waals surface area contributed by atoms with Crippen LogP contribution in [0.25, 0.3) is 0 Å². The Balaban J connectivity index is 1.79. The zero-order chi connectivity index (χ0) is 19.8. The van der Waals surface area contributed by atoms with Gasteiger partial charge in [-0.2, -0.15) is 0 Å². The van der Waals surface area contributed by atoms with E-state index in [1.165, 1.54) is 0 Å². The van der Waals surface area contributed by atoms with Gasteiger partial charge in [0.1, 0.15) is 5.75 Å². The van der Waals surface area contributed by atoms with Crippen molar-refractivity contribution in [1.29, 1.82) is 0 Å². The molecule has 1 aliphatic rings. The average molecular weight is 397 g/mol. The summed E-state index contributed by atoms with van der Waals surface area (Å²) in [6.45, 7) is 9.28. The van der Waals surface area contributed by atoms with E-state index in [1.807, 2.05) is 18.7 Å². The molecule has 2 amide bonds. The Kier molecular flexibility index (Phi) is 8.34. The second-order valence-electron chi connectivity index (χ2n) is 6.51. The largest absolute Gasteiger partial charge is 0.495 e. The zero-order valence-corrected chi connectivity index (χ0v) is 17.1. The summed E-state index contributed by atoms with van der Waals surface area (Å²) in [5.74, 6) is 0.634. The molecular weight excluding hydrogens is 368 g/mol. The Bertz CT molecular complexity index is 644. The number of piperazine rings is 1. The molecule has 0 radical (unpaired) electrons. The van der Waals surface area contributed by atoms with Gasteiger partial charge in [0.2, 0.25) is 11.8 Å². The number of benzene rings is 1. The summed E-state index contributed by atoms with van der Waals surface area (Å²) < 4.78 is 5.25. The number of carbonyl (C=O) groups is 2. The monoisotopic (exact) mass is 396 g/mol. The fraction of sp³-hybridized carbons (Fsp3) is 0.579. The van der Waals surface area contributed by atoms with Crippen LogP contribution in [0.1, 0.15) is 13.8 Å². The fourth-order valence-corrected chi connectivity index (χ4v) is 3.32. The lowest BCUT2D eigenvalue weighted by atomic mass is 10.2. The normalized spacial score (nSPS) is 15.4. The molecule has 27 heavy (non-hydrogen) atoms. The highest BCUT2D eigenvalue weighted by Crippen LogP contribution is 2.27. The maximum atomic E-state index is 12.4. The van der Waals surface area contributed by atoms with Crippen molar-refractivity contribution in [3.05, 3.63) is 23.2 Å². The molecule has 2 rings (SSSR count). The molecule has 1 aliphatic heterocycles. The highest BCUT2D eigenvalue weighted by Gasteiger charge is 2.22. The van der Waals surface area contributed by atoms with Crippen LogP contribution in [0.2, 0.25) is 5.02 Å². The van der Waals surface area contributed by atoms with Crippen molar-refractivity contribution >= 4 is 29.1 Å². The van der Waals surface area contributed by atoms with Gasteiger partial charge < -0.3 is 15.0 Å². The maximum absolute atomic E-state index is 12.4. The summed E-state index contributed by atoms with van der Waals surface area (Å²) in [6, 6.07) is 5.12. The molecule has 1 heterocycles. The van der Waals surface area contributed by atoms with Gasteiger partial charge in [-0.3, -0.25) is 19.4 Å². The summed E-state index contributed by atoms with van der Waals surface area (Å²) in [4.78, 5) is 30.6. The molecule has 1 aromatic carbocycles. The highest BCUT2D eigenvalue weighted by molar-refractivity contribution is 6.31. The lowest BCUT2D eigenvalue weighted by Gasteiger charge is -2.34. The van der Waals surface area contributed by atoms with Crippen LogP contribution in [0.15, 0.2) is 18.2 Å². The van der Waals surface area contributed by atoms with E-state index in [9.17, 15) is 9.59 Å². The number of methoxy groups -OCH3 is 1. The number of hydrogen-bond acceptors (Lipinski definition) is 5. The molecule has 1 aromatic rings. The Hall–Kier alpha value is -1.83. The molecule has 150 valence electrons. The number of nitrogens with one attached hydrogen (secondary N) is 1. The topological polar surface area (TPSA) is 65.1 Å². The van der Waals surface area contributed by atoms with Crippen molar-refractivity contribution in [3.8, 4) is 5.75 Å². The summed E-state index contributed by atoms with van der Waals surface area (Å²) in [5, 5.41) is 3.40. The van der Waals surface area contributed by atoms with E-state index >= 15 is 0 Å². The molecule has 7 nitrogen and oxygen atoms in total. The van der Waals surface area contributed by atoms with E-state index in [-0.39, 0.29) is 11.8 Å². The van der Waals surface area contributed by atoms with Crippen molar-refractivity contribution < 1.29 is 14.3 Å². The van der Waals surface area contributed by atoms with Crippen LogP contribution in [0.3, 0.4) is 0 Å². The van der Waals surface area contributed by atoms with E-state index in [4.69, 9.17) is 16.3 Å². The number of rotatable bonds is 8. The number of amides is 2. The summed E-state index contributed by atoms with van der Waals surface area (Å²) in [5.41, 5.74) is 0.568. The van der Waals surface area contributed by atoms with Gasteiger partial charge >= 0.3 is 0 Å². The first-order valence-electron chi connectivity index (χ1n) is 9.32. The first-order valence-corrected chi connectivity index (χ1v) is 9.70. The van der Waals surface area contributed by atoms with Crippen LogP contribution in [0.4, 0.5) is 5.69 Å². The molecule has 0 aliphatic carbocycles. The smallest absolute Gasteiger partial charge is 0.238 e. The molecular formula is C19H29ClN4O3. The third-order valence-corrected chi connectivity index (χ3v) is 4.98. The Morgan fingerprint density at radius 2 is 1.70 bits per heavy atom. The zero-order valence-electron chi connectivity index (χ0n) is 16.3. The molecule has 0 unspecified atom stereocenters. The first-order chi connectivity index (χ1) is 13.0. The lowest BCUT2D eigenvalue weighted by Crippen LogP contribution is -2.51. The molecule has 0 atom stereocenters. The number of halogens is 1. The molecule has 0 bridgehead atoms. The van der Waals surface area contributed by atoms with Gasteiger partial charge in [-0.15, -0.1) is 0 Å². The molecule has 1 fully saturated rings. The van der Waals surface area contributed by atoms with Crippen LogP contribution in [0.5, 0.6) is 5.75 Å². The molecule has 0 spiro atoms. The van der Waals surface area contributed by atoms with Crippen molar-refractivity contribution in [2.24, 2.45) is 0 Å². The number of anilines is 1. The number of likely N-dealkylation sites (N-methyl/N-ethyl adjacent to an activating group) is 1. The third kappa shape index (κ3) is 6.37.